The number of benzene rings is 3. The van der Waals surface area contributed by atoms with Crippen LogP contribution in [0.3, 0.4) is 0 Å². The zero-order chi connectivity index (χ0) is 31.8. The van der Waals surface area contributed by atoms with Crippen LogP contribution >= 0.6 is 0 Å². The second-order valence-corrected chi connectivity index (χ2v) is 12.1. The molecule has 0 radical (unpaired) electrons. The zero-order valence-corrected chi connectivity index (χ0v) is 26.3. The fourth-order valence-corrected chi connectivity index (χ4v) is 6.29. The number of methoxy groups -OCH3 is 1. The third kappa shape index (κ3) is 5.78. The van der Waals surface area contributed by atoms with Crippen molar-refractivity contribution in [1.29, 1.82) is 0 Å². The number of aryl methyl sites for hydroxylation is 1. The predicted octanol–water partition coefficient (Wildman–Crippen LogP) is 6.43. The van der Waals surface area contributed by atoms with Gasteiger partial charge in [0.25, 0.3) is 5.91 Å². The minimum absolute atomic E-state index is 0.139. The fourth-order valence-electron chi connectivity index (χ4n) is 6.29. The van der Waals surface area contributed by atoms with Crippen molar-refractivity contribution in [3.05, 3.63) is 94.8 Å². The molecule has 2 N–H and O–H groups in total. The Bertz CT molecular complexity index is 1840. The Morgan fingerprint density at radius 3 is 2.53 bits per heavy atom. The highest BCUT2D eigenvalue weighted by Crippen LogP contribution is 2.47. The molecule has 6 rings (SSSR count). The highest BCUT2D eigenvalue weighted by atomic mass is 16.5. The van der Waals surface area contributed by atoms with Crippen LogP contribution in [0.4, 0.5) is 11.4 Å². The SMILES string of the molecule is COc1ccc([C@H]2C3=C(CN(C(C)=O)C3=O)Nc3cccc4c3c2cn4CCC(C)C)cc1COc1ccc(NC(C)=O)cc1. The molecular formula is C36H38N4O5. The Hall–Kier alpha value is -5.05. The average Bonchev–Trinajstić information content (AvgIpc) is 3.49. The lowest BCUT2D eigenvalue weighted by Crippen LogP contribution is -2.33. The quantitative estimate of drug-likeness (QED) is 0.228. The van der Waals surface area contributed by atoms with Crippen LogP contribution in [0.2, 0.25) is 0 Å². The molecule has 0 saturated heterocycles. The molecule has 9 heteroatoms. The summed E-state index contributed by atoms with van der Waals surface area (Å²) in [6.07, 6.45) is 3.20. The van der Waals surface area contributed by atoms with Gasteiger partial charge in [0.1, 0.15) is 18.1 Å². The summed E-state index contributed by atoms with van der Waals surface area (Å²) in [5, 5.41) is 7.39. The number of nitrogens with zero attached hydrogens (tertiary/aromatic N) is 2. The lowest BCUT2D eigenvalue weighted by molar-refractivity contribution is -0.139. The van der Waals surface area contributed by atoms with Gasteiger partial charge in [-0.15, -0.1) is 0 Å². The smallest absolute Gasteiger partial charge is 0.259 e. The molecule has 3 aromatic carbocycles. The van der Waals surface area contributed by atoms with E-state index in [9.17, 15) is 14.4 Å². The van der Waals surface area contributed by atoms with Crippen molar-refractivity contribution in [3.8, 4) is 11.5 Å². The van der Waals surface area contributed by atoms with E-state index in [1.165, 1.54) is 18.7 Å². The molecule has 0 bridgehead atoms. The number of anilines is 2. The van der Waals surface area contributed by atoms with Crippen LogP contribution in [-0.4, -0.2) is 40.8 Å². The minimum atomic E-state index is -0.419. The van der Waals surface area contributed by atoms with Gasteiger partial charge in [-0.2, -0.15) is 0 Å². The molecule has 2 aliphatic heterocycles. The Balaban J connectivity index is 1.44. The van der Waals surface area contributed by atoms with Crippen LogP contribution in [-0.2, 0) is 27.5 Å². The number of ether oxygens (including phenoxy) is 2. The standard InChI is InChI=1S/C36H38N4O5/c1-21(2)15-16-39-18-28-33(35-30(19-40(23(4)42)36(35)43)38-29-7-6-8-31(39)34(28)29)24-9-14-32(44-5)25(17-24)20-45-27-12-10-26(11-13-27)37-22(3)41/h6-14,17-18,21,33,38H,15-16,19-20H2,1-5H3,(H,37,41)/t33-/m1/s1. The second-order valence-electron chi connectivity index (χ2n) is 12.1. The van der Waals surface area contributed by atoms with E-state index in [1.807, 2.05) is 30.3 Å². The van der Waals surface area contributed by atoms with Crippen LogP contribution in [0, 0.1) is 5.92 Å². The molecule has 0 saturated carbocycles. The van der Waals surface area contributed by atoms with E-state index in [2.05, 4.69) is 41.3 Å². The van der Waals surface area contributed by atoms with Crippen molar-refractivity contribution in [2.45, 2.75) is 53.2 Å². The van der Waals surface area contributed by atoms with Crippen LogP contribution in [0.15, 0.2) is 78.1 Å². The Labute approximate surface area is 262 Å². The summed E-state index contributed by atoms with van der Waals surface area (Å²) in [6, 6.07) is 19.3. The summed E-state index contributed by atoms with van der Waals surface area (Å²) in [7, 11) is 1.62. The third-order valence-electron chi connectivity index (χ3n) is 8.47. The first kappa shape index (κ1) is 30.0. The number of hydrogen-bond acceptors (Lipinski definition) is 6. The van der Waals surface area contributed by atoms with E-state index in [0.717, 1.165) is 51.9 Å². The number of carbonyl (C=O) groups is 3. The third-order valence-corrected chi connectivity index (χ3v) is 8.47. The number of carbonyl (C=O) groups excluding carboxylic acids is 3. The molecule has 1 aromatic heterocycles. The molecule has 9 nitrogen and oxygen atoms in total. The number of aromatic nitrogens is 1. The number of rotatable bonds is 9. The maximum atomic E-state index is 13.9. The first-order valence-corrected chi connectivity index (χ1v) is 15.3. The molecule has 4 aromatic rings. The first-order valence-electron chi connectivity index (χ1n) is 15.3. The van der Waals surface area contributed by atoms with Crippen molar-refractivity contribution in [3.63, 3.8) is 0 Å². The zero-order valence-electron chi connectivity index (χ0n) is 26.3. The maximum Gasteiger partial charge on any atom is 0.259 e. The number of hydrogen-bond donors (Lipinski definition) is 2. The van der Waals surface area contributed by atoms with E-state index in [4.69, 9.17) is 9.47 Å². The van der Waals surface area contributed by atoms with Crippen LogP contribution in [0.1, 0.15) is 56.7 Å². The molecular weight excluding hydrogens is 568 g/mol. The van der Waals surface area contributed by atoms with Gasteiger partial charge in [-0.3, -0.25) is 19.3 Å². The van der Waals surface area contributed by atoms with Gasteiger partial charge in [0.15, 0.2) is 0 Å². The van der Waals surface area contributed by atoms with Gasteiger partial charge in [-0.25, -0.2) is 0 Å². The molecule has 1 atom stereocenters. The van der Waals surface area contributed by atoms with Gasteiger partial charge in [-0.05, 0) is 72.0 Å². The molecule has 0 aliphatic carbocycles. The van der Waals surface area contributed by atoms with Crippen molar-refractivity contribution in [2.75, 3.05) is 24.3 Å². The highest BCUT2D eigenvalue weighted by Gasteiger charge is 2.41. The van der Waals surface area contributed by atoms with Gasteiger partial charge >= 0.3 is 0 Å². The topological polar surface area (TPSA) is 102 Å². The summed E-state index contributed by atoms with van der Waals surface area (Å²) < 4.78 is 14.2. The van der Waals surface area contributed by atoms with Gasteiger partial charge < -0.3 is 24.7 Å². The molecule has 2 aliphatic rings. The number of imide groups is 1. The number of nitrogens with one attached hydrogen (secondary N) is 2. The van der Waals surface area contributed by atoms with E-state index in [0.29, 0.717) is 28.7 Å². The van der Waals surface area contributed by atoms with Crippen LogP contribution in [0.25, 0.3) is 10.9 Å². The average molecular weight is 607 g/mol. The Kier molecular flexibility index (Phi) is 8.10. The molecule has 0 spiro atoms. The van der Waals surface area contributed by atoms with Crippen LogP contribution < -0.4 is 20.1 Å². The minimum Gasteiger partial charge on any atom is -0.496 e. The van der Waals surface area contributed by atoms with Gasteiger partial charge in [0.05, 0.1) is 24.7 Å². The van der Waals surface area contributed by atoms with Crippen molar-refractivity contribution >= 4 is 40.0 Å². The van der Waals surface area contributed by atoms with Crippen molar-refractivity contribution < 1.29 is 23.9 Å². The molecule has 3 heterocycles. The van der Waals surface area contributed by atoms with Gasteiger partial charge in [0.2, 0.25) is 11.8 Å². The largest absolute Gasteiger partial charge is 0.496 e. The normalized spacial score (nSPS) is 15.6. The fraction of sp³-hybridized carbons (Fsp3) is 0.306. The van der Waals surface area contributed by atoms with E-state index >= 15 is 0 Å². The maximum absolute atomic E-state index is 13.9. The molecule has 0 unspecified atom stereocenters. The highest BCUT2D eigenvalue weighted by molar-refractivity contribution is 6.11. The number of amides is 3. The Morgan fingerprint density at radius 1 is 1.07 bits per heavy atom. The summed E-state index contributed by atoms with van der Waals surface area (Å²) >= 11 is 0. The predicted molar refractivity (Wildman–Crippen MR) is 174 cm³/mol. The van der Waals surface area contributed by atoms with E-state index < -0.39 is 5.92 Å². The lowest BCUT2D eigenvalue weighted by atomic mass is 9.83. The summed E-state index contributed by atoms with van der Waals surface area (Å²) in [6.45, 7) is 8.61. The van der Waals surface area contributed by atoms with E-state index in [-0.39, 0.29) is 30.9 Å². The van der Waals surface area contributed by atoms with Gasteiger partial charge in [0, 0.05) is 60.5 Å². The molecule has 45 heavy (non-hydrogen) atoms. The Morgan fingerprint density at radius 2 is 1.84 bits per heavy atom. The molecule has 3 amide bonds. The first-order chi connectivity index (χ1) is 21.6. The second kappa shape index (κ2) is 12.1. The molecule has 232 valence electrons. The lowest BCUT2D eigenvalue weighted by Gasteiger charge is -2.21. The van der Waals surface area contributed by atoms with Crippen molar-refractivity contribution in [2.24, 2.45) is 5.92 Å². The van der Waals surface area contributed by atoms with Crippen LogP contribution in [0.5, 0.6) is 11.5 Å². The summed E-state index contributed by atoms with van der Waals surface area (Å²) in [5.74, 6) is 0.723. The summed E-state index contributed by atoms with van der Waals surface area (Å²) in [4.78, 5) is 39.2. The van der Waals surface area contributed by atoms with E-state index in [1.54, 1.807) is 31.4 Å². The van der Waals surface area contributed by atoms with Gasteiger partial charge in [-0.1, -0.05) is 26.0 Å². The van der Waals surface area contributed by atoms with Crippen molar-refractivity contribution in [1.82, 2.24) is 9.47 Å². The summed E-state index contributed by atoms with van der Waals surface area (Å²) in [5.41, 5.74) is 6.79. The molecule has 0 fully saturated rings. The monoisotopic (exact) mass is 606 g/mol.